The van der Waals surface area contributed by atoms with Crippen LogP contribution in [0.2, 0.25) is 0 Å². The third-order valence-electron chi connectivity index (χ3n) is 5.83. The average molecular weight is 356 g/mol. The van der Waals surface area contributed by atoms with E-state index in [0.29, 0.717) is 17.8 Å². The van der Waals surface area contributed by atoms with Gasteiger partial charge in [-0.05, 0) is 56.1 Å². The van der Waals surface area contributed by atoms with Gasteiger partial charge in [0, 0.05) is 30.7 Å². The average Bonchev–Trinajstić information content (AvgIpc) is 3.02. The highest BCUT2D eigenvalue weighted by Crippen LogP contribution is 2.41. The highest BCUT2D eigenvalue weighted by Gasteiger charge is 2.39. The van der Waals surface area contributed by atoms with Crippen LogP contribution in [0.5, 0.6) is 0 Å². The number of hydrogen-bond acceptors (Lipinski definition) is 4. The molecule has 0 N–H and O–H groups in total. The monoisotopic (exact) mass is 356 g/mol. The lowest BCUT2D eigenvalue weighted by Gasteiger charge is -2.18. The van der Waals surface area contributed by atoms with Gasteiger partial charge < -0.3 is 4.90 Å². The maximum Gasteiger partial charge on any atom is 0.254 e. The molecule has 3 aliphatic rings. The molecular formula is C19H24N4OS. The van der Waals surface area contributed by atoms with Crippen LogP contribution in [0.25, 0.3) is 11.0 Å². The summed E-state index contributed by atoms with van der Waals surface area (Å²) in [6.07, 6.45) is 4.21. The van der Waals surface area contributed by atoms with Crippen molar-refractivity contribution in [2.45, 2.75) is 38.6 Å². The smallest absolute Gasteiger partial charge is 0.254 e. The minimum Gasteiger partial charge on any atom is -0.338 e. The predicted molar refractivity (Wildman–Crippen MR) is 100 cm³/mol. The number of thioether (sulfide) groups is 1. The van der Waals surface area contributed by atoms with Crippen LogP contribution >= 0.6 is 11.8 Å². The SMILES string of the molecule is CC(C)n1ncc2c(C(=O)N3C[C@H]4CSC[C@H]4C3)cc(C3CC3)nc21. The van der Waals surface area contributed by atoms with Crippen LogP contribution in [0.3, 0.4) is 0 Å². The maximum absolute atomic E-state index is 13.3. The van der Waals surface area contributed by atoms with Crippen molar-refractivity contribution in [3.05, 3.63) is 23.5 Å². The van der Waals surface area contributed by atoms with Crippen molar-refractivity contribution in [3.8, 4) is 0 Å². The summed E-state index contributed by atoms with van der Waals surface area (Å²) in [7, 11) is 0. The Labute approximate surface area is 152 Å². The Morgan fingerprint density at radius 2 is 1.96 bits per heavy atom. The van der Waals surface area contributed by atoms with E-state index >= 15 is 0 Å². The van der Waals surface area contributed by atoms with E-state index in [1.54, 1.807) is 0 Å². The van der Waals surface area contributed by atoms with E-state index in [-0.39, 0.29) is 11.9 Å². The van der Waals surface area contributed by atoms with Gasteiger partial charge in [-0.2, -0.15) is 16.9 Å². The van der Waals surface area contributed by atoms with Crippen molar-refractivity contribution in [3.63, 3.8) is 0 Å². The van der Waals surface area contributed by atoms with Crippen LogP contribution in [0.4, 0.5) is 0 Å². The van der Waals surface area contributed by atoms with E-state index in [2.05, 4.69) is 29.9 Å². The molecule has 3 fully saturated rings. The largest absolute Gasteiger partial charge is 0.338 e. The number of fused-ring (bicyclic) bond motifs is 2. The van der Waals surface area contributed by atoms with Gasteiger partial charge in [-0.15, -0.1) is 0 Å². The molecule has 5 nitrogen and oxygen atoms in total. The Hall–Kier alpha value is -1.56. The van der Waals surface area contributed by atoms with Crippen LogP contribution in [-0.4, -0.2) is 50.2 Å². The molecule has 0 radical (unpaired) electrons. The molecule has 2 saturated heterocycles. The summed E-state index contributed by atoms with van der Waals surface area (Å²) in [5.74, 6) is 4.50. The zero-order valence-corrected chi connectivity index (χ0v) is 15.6. The summed E-state index contributed by atoms with van der Waals surface area (Å²) in [6, 6.07) is 2.29. The summed E-state index contributed by atoms with van der Waals surface area (Å²) in [5, 5.41) is 5.43. The van der Waals surface area contributed by atoms with Crippen LogP contribution in [0.15, 0.2) is 12.3 Å². The number of hydrogen-bond donors (Lipinski definition) is 0. The number of amides is 1. The van der Waals surface area contributed by atoms with Crippen molar-refractivity contribution in [1.82, 2.24) is 19.7 Å². The third-order valence-corrected chi connectivity index (χ3v) is 7.16. The summed E-state index contributed by atoms with van der Waals surface area (Å²) >= 11 is 2.04. The Morgan fingerprint density at radius 3 is 2.60 bits per heavy atom. The normalized spacial score (nSPS) is 26.0. The van der Waals surface area contributed by atoms with E-state index < -0.39 is 0 Å². The zero-order chi connectivity index (χ0) is 17.1. The first-order valence-corrected chi connectivity index (χ1v) is 10.5. The molecule has 1 aliphatic carbocycles. The molecule has 1 saturated carbocycles. The Bertz CT molecular complexity index is 829. The lowest BCUT2D eigenvalue weighted by atomic mass is 10.0. The molecule has 6 heteroatoms. The van der Waals surface area contributed by atoms with Gasteiger partial charge >= 0.3 is 0 Å². The molecule has 25 heavy (non-hydrogen) atoms. The molecular weight excluding hydrogens is 332 g/mol. The predicted octanol–water partition coefficient (Wildman–Crippen LogP) is 3.32. The van der Waals surface area contributed by atoms with Gasteiger partial charge in [-0.3, -0.25) is 4.79 Å². The van der Waals surface area contributed by atoms with E-state index in [9.17, 15) is 4.79 Å². The standard InChI is InChI=1S/C19H24N4OS/c1-11(2)23-18-16(6-20-23)15(5-17(21-18)12-3-4-12)19(24)22-7-13-9-25-10-14(13)8-22/h5-6,11-14H,3-4,7-10H2,1-2H3/t13-,14+. The molecule has 0 spiro atoms. The summed E-state index contributed by atoms with van der Waals surface area (Å²) in [6.45, 7) is 6.05. The van der Waals surface area contributed by atoms with Crippen LogP contribution in [0.1, 0.15) is 54.7 Å². The summed E-state index contributed by atoms with van der Waals surface area (Å²) in [5.41, 5.74) is 2.76. The van der Waals surface area contributed by atoms with Crippen molar-refractivity contribution in [2.24, 2.45) is 11.8 Å². The minimum atomic E-state index is 0.178. The van der Waals surface area contributed by atoms with Gasteiger partial charge in [0.25, 0.3) is 5.91 Å². The third kappa shape index (κ3) is 2.57. The first-order valence-electron chi connectivity index (χ1n) is 9.37. The van der Waals surface area contributed by atoms with Crippen LogP contribution < -0.4 is 0 Å². The Kier molecular flexibility index (Phi) is 3.59. The second-order valence-electron chi connectivity index (χ2n) is 8.06. The number of likely N-dealkylation sites (tertiary alicyclic amines) is 1. The molecule has 0 bridgehead atoms. The van der Waals surface area contributed by atoms with E-state index in [0.717, 1.165) is 35.4 Å². The van der Waals surface area contributed by atoms with Gasteiger partial charge in [-0.1, -0.05) is 0 Å². The number of aromatic nitrogens is 3. The molecule has 2 aromatic heterocycles. The molecule has 4 heterocycles. The first kappa shape index (κ1) is 15.7. The lowest BCUT2D eigenvalue weighted by Crippen LogP contribution is -2.30. The molecule has 2 aromatic rings. The van der Waals surface area contributed by atoms with Gasteiger partial charge in [0.05, 0.1) is 17.1 Å². The quantitative estimate of drug-likeness (QED) is 0.846. The number of nitrogens with zero attached hydrogens (tertiary/aromatic N) is 4. The molecule has 5 rings (SSSR count). The fourth-order valence-electron chi connectivity index (χ4n) is 4.20. The number of carbonyl (C=O) groups is 1. The molecule has 2 atom stereocenters. The number of rotatable bonds is 3. The van der Waals surface area contributed by atoms with E-state index in [1.807, 2.05) is 22.6 Å². The van der Waals surface area contributed by atoms with Crippen molar-refractivity contribution < 1.29 is 4.79 Å². The first-order chi connectivity index (χ1) is 12.1. The van der Waals surface area contributed by atoms with Gasteiger partial charge in [-0.25, -0.2) is 9.67 Å². The second kappa shape index (κ2) is 5.73. The summed E-state index contributed by atoms with van der Waals surface area (Å²) < 4.78 is 1.95. The van der Waals surface area contributed by atoms with E-state index in [4.69, 9.17) is 4.98 Å². The van der Waals surface area contributed by atoms with Gasteiger partial charge in [0.1, 0.15) is 0 Å². The Morgan fingerprint density at radius 1 is 1.24 bits per heavy atom. The summed E-state index contributed by atoms with van der Waals surface area (Å²) in [4.78, 5) is 20.3. The molecule has 2 aliphatic heterocycles. The topological polar surface area (TPSA) is 51.0 Å². The van der Waals surface area contributed by atoms with Crippen molar-refractivity contribution in [2.75, 3.05) is 24.6 Å². The molecule has 0 unspecified atom stereocenters. The molecule has 1 amide bonds. The zero-order valence-electron chi connectivity index (χ0n) is 14.8. The van der Waals surface area contributed by atoms with E-state index in [1.165, 1.54) is 24.3 Å². The lowest BCUT2D eigenvalue weighted by molar-refractivity contribution is 0.0786. The fourth-order valence-corrected chi connectivity index (χ4v) is 5.70. The van der Waals surface area contributed by atoms with Crippen molar-refractivity contribution in [1.29, 1.82) is 0 Å². The van der Waals surface area contributed by atoms with Gasteiger partial charge in [0.2, 0.25) is 0 Å². The second-order valence-corrected chi connectivity index (χ2v) is 9.13. The number of carbonyl (C=O) groups excluding carboxylic acids is 1. The highest BCUT2D eigenvalue weighted by molar-refractivity contribution is 7.99. The Balaban J connectivity index is 1.56. The van der Waals surface area contributed by atoms with Crippen LogP contribution in [0, 0.1) is 11.8 Å². The van der Waals surface area contributed by atoms with Gasteiger partial charge in [0.15, 0.2) is 5.65 Å². The molecule has 132 valence electrons. The van der Waals surface area contributed by atoms with Crippen molar-refractivity contribution >= 4 is 28.7 Å². The number of pyridine rings is 1. The fraction of sp³-hybridized carbons (Fsp3) is 0.632. The molecule has 0 aromatic carbocycles. The minimum absolute atomic E-state index is 0.178. The van der Waals surface area contributed by atoms with Crippen LogP contribution in [-0.2, 0) is 0 Å². The maximum atomic E-state index is 13.3. The highest BCUT2D eigenvalue weighted by atomic mass is 32.2.